The third kappa shape index (κ3) is 3.07. The van der Waals surface area contributed by atoms with Crippen molar-refractivity contribution in [3.8, 4) is 0 Å². The van der Waals surface area contributed by atoms with Crippen LogP contribution in [0.1, 0.15) is 37.5 Å². The minimum absolute atomic E-state index is 1.15. The smallest absolute Gasteiger partial charge is 0.0236 e. The summed E-state index contributed by atoms with van der Waals surface area (Å²) >= 11 is 0. The number of benzene rings is 1. The monoisotopic (exact) mass is 205 g/mol. The molecule has 1 aliphatic heterocycles. The number of aryl methyl sites for hydroxylation is 1. The lowest BCUT2D eigenvalue weighted by atomic mass is 9.98. The van der Waals surface area contributed by atoms with Crippen molar-refractivity contribution >= 4 is 0 Å². The number of fused-ring (bicyclic) bond motifs is 1. The van der Waals surface area contributed by atoms with Crippen LogP contribution in [0.2, 0.25) is 0 Å². The molecule has 0 saturated heterocycles. The standard InChI is InChI=1S/C12H17N.C2H6/c1-3-13-7-6-11-5-4-10(2)8-12(11)9-13;1-2/h4-5,8H,3,6-7,9H2,1-2H3;1-2H3. The molecule has 0 atom stereocenters. The van der Waals surface area contributed by atoms with Gasteiger partial charge in [0.15, 0.2) is 0 Å². The highest BCUT2D eigenvalue weighted by atomic mass is 15.1. The Balaban J connectivity index is 0.000000531. The van der Waals surface area contributed by atoms with Crippen LogP contribution in [0.15, 0.2) is 18.2 Å². The fourth-order valence-electron chi connectivity index (χ4n) is 2.01. The van der Waals surface area contributed by atoms with Crippen LogP contribution in [0.4, 0.5) is 0 Å². The van der Waals surface area contributed by atoms with Crippen LogP contribution in [0.25, 0.3) is 0 Å². The summed E-state index contributed by atoms with van der Waals surface area (Å²) in [7, 11) is 0. The summed E-state index contributed by atoms with van der Waals surface area (Å²) in [5.41, 5.74) is 4.47. The molecule has 0 bridgehead atoms. The highest BCUT2D eigenvalue weighted by Crippen LogP contribution is 2.19. The van der Waals surface area contributed by atoms with E-state index in [4.69, 9.17) is 0 Å². The van der Waals surface area contributed by atoms with Gasteiger partial charge in [-0.2, -0.15) is 0 Å². The van der Waals surface area contributed by atoms with Crippen LogP contribution in [0.5, 0.6) is 0 Å². The molecule has 1 heteroatoms. The summed E-state index contributed by atoms with van der Waals surface area (Å²) in [4.78, 5) is 2.50. The van der Waals surface area contributed by atoms with E-state index in [9.17, 15) is 0 Å². The van der Waals surface area contributed by atoms with Crippen molar-refractivity contribution in [2.24, 2.45) is 0 Å². The van der Waals surface area contributed by atoms with Gasteiger partial charge in [-0.05, 0) is 31.0 Å². The first-order valence-electron chi connectivity index (χ1n) is 6.10. The normalized spacial score (nSPS) is 15.2. The number of likely N-dealkylation sites (N-methyl/N-ethyl adjacent to an activating group) is 1. The first-order chi connectivity index (χ1) is 7.29. The average molecular weight is 205 g/mol. The van der Waals surface area contributed by atoms with Crippen LogP contribution < -0.4 is 0 Å². The Morgan fingerprint density at radius 3 is 2.60 bits per heavy atom. The van der Waals surface area contributed by atoms with Gasteiger partial charge in [0.2, 0.25) is 0 Å². The quantitative estimate of drug-likeness (QED) is 0.679. The Hall–Kier alpha value is -0.820. The predicted molar refractivity (Wildman–Crippen MR) is 67.2 cm³/mol. The van der Waals surface area contributed by atoms with Gasteiger partial charge in [0.1, 0.15) is 0 Å². The minimum atomic E-state index is 1.15. The van der Waals surface area contributed by atoms with Crippen molar-refractivity contribution in [1.82, 2.24) is 4.90 Å². The highest BCUT2D eigenvalue weighted by molar-refractivity contribution is 5.33. The van der Waals surface area contributed by atoms with Gasteiger partial charge in [0.05, 0.1) is 0 Å². The van der Waals surface area contributed by atoms with E-state index < -0.39 is 0 Å². The van der Waals surface area contributed by atoms with Gasteiger partial charge in [-0.1, -0.05) is 44.5 Å². The van der Waals surface area contributed by atoms with Gasteiger partial charge < -0.3 is 0 Å². The molecular weight excluding hydrogens is 182 g/mol. The summed E-state index contributed by atoms with van der Waals surface area (Å²) in [6, 6.07) is 6.84. The molecule has 1 heterocycles. The lowest BCUT2D eigenvalue weighted by Gasteiger charge is -2.27. The van der Waals surface area contributed by atoms with E-state index in [0.29, 0.717) is 0 Å². The second-order valence-corrected chi connectivity index (χ2v) is 3.89. The number of nitrogens with zero attached hydrogens (tertiary/aromatic N) is 1. The summed E-state index contributed by atoms with van der Waals surface area (Å²) in [5.74, 6) is 0. The molecular formula is C14H23N. The van der Waals surface area contributed by atoms with E-state index in [1.807, 2.05) is 13.8 Å². The molecule has 0 spiro atoms. The molecule has 1 aromatic carbocycles. The zero-order valence-electron chi connectivity index (χ0n) is 10.5. The van der Waals surface area contributed by atoms with Gasteiger partial charge in [-0.25, -0.2) is 0 Å². The van der Waals surface area contributed by atoms with Gasteiger partial charge in [0.25, 0.3) is 0 Å². The first kappa shape index (κ1) is 12.3. The van der Waals surface area contributed by atoms with E-state index in [1.165, 1.54) is 30.6 Å². The minimum Gasteiger partial charge on any atom is -0.299 e. The van der Waals surface area contributed by atoms with Crippen molar-refractivity contribution in [3.63, 3.8) is 0 Å². The first-order valence-corrected chi connectivity index (χ1v) is 6.10. The SMILES string of the molecule is CC.CCN1CCc2ccc(C)cc2C1. The average Bonchev–Trinajstić information content (AvgIpc) is 2.30. The molecule has 15 heavy (non-hydrogen) atoms. The molecule has 84 valence electrons. The number of hydrogen-bond donors (Lipinski definition) is 0. The second-order valence-electron chi connectivity index (χ2n) is 3.89. The van der Waals surface area contributed by atoms with Gasteiger partial charge in [-0.3, -0.25) is 4.90 Å². The van der Waals surface area contributed by atoms with E-state index in [-0.39, 0.29) is 0 Å². The lowest BCUT2D eigenvalue weighted by molar-refractivity contribution is 0.268. The molecule has 0 radical (unpaired) electrons. The fourth-order valence-corrected chi connectivity index (χ4v) is 2.01. The van der Waals surface area contributed by atoms with Crippen LogP contribution in [-0.2, 0) is 13.0 Å². The van der Waals surface area contributed by atoms with Crippen LogP contribution in [-0.4, -0.2) is 18.0 Å². The zero-order valence-corrected chi connectivity index (χ0v) is 10.5. The van der Waals surface area contributed by atoms with E-state index in [0.717, 1.165) is 6.54 Å². The summed E-state index contributed by atoms with van der Waals surface area (Å²) in [6.07, 6.45) is 1.23. The topological polar surface area (TPSA) is 3.24 Å². The maximum atomic E-state index is 2.50. The lowest BCUT2D eigenvalue weighted by Crippen LogP contribution is -2.30. The molecule has 0 amide bonds. The molecule has 0 saturated carbocycles. The second kappa shape index (κ2) is 5.92. The van der Waals surface area contributed by atoms with E-state index in [1.54, 1.807) is 5.56 Å². The zero-order chi connectivity index (χ0) is 11.3. The summed E-state index contributed by atoms with van der Waals surface area (Å²) in [6.45, 7) is 12.0. The van der Waals surface area contributed by atoms with Crippen molar-refractivity contribution < 1.29 is 0 Å². The highest BCUT2D eigenvalue weighted by Gasteiger charge is 2.13. The Morgan fingerprint density at radius 1 is 1.20 bits per heavy atom. The predicted octanol–water partition coefficient (Wildman–Crippen LogP) is 3.40. The molecule has 2 rings (SSSR count). The van der Waals surface area contributed by atoms with Gasteiger partial charge >= 0.3 is 0 Å². The molecule has 0 aromatic heterocycles. The summed E-state index contributed by atoms with van der Waals surface area (Å²) in [5, 5.41) is 0. The van der Waals surface area contributed by atoms with Crippen LogP contribution in [0.3, 0.4) is 0 Å². The van der Waals surface area contributed by atoms with Crippen LogP contribution in [0, 0.1) is 6.92 Å². The van der Waals surface area contributed by atoms with Gasteiger partial charge in [-0.15, -0.1) is 0 Å². The van der Waals surface area contributed by atoms with Gasteiger partial charge in [0, 0.05) is 13.1 Å². The largest absolute Gasteiger partial charge is 0.299 e. The van der Waals surface area contributed by atoms with Crippen LogP contribution >= 0.6 is 0 Å². The summed E-state index contributed by atoms with van der Waals surface area (Å²) < 4.78 is 0. The molecule has 1 aromatic rings. The number of rotatable bonds is 1. The molecule has 1 aliphatic rings. The van der Waals surface area contributed by atoms with Crippen molar-refractivity contribution in [3.05, 3.63) is 34.9 Å². The Labute approximate surface area is 94.1 Å². The fraction of sp³-hybridized carbons (Fsp3) is 0.571. The maximum absolute atomic E-state index is 2.50. The van der Waals surface area contributed by atoms with E-state index in [2.05, 4.69) is 36.9 Å². The number of hydrogen-bond acceptors (Lipinski definition) is 1. The third-order valence-corrected chi connectivity index (χ3v) is 2.90. The molecule has 0 N–H and O–H groups in total. The Bertz CT molecular complexity index is 304. The molecule has 0 aliphatic carbocycles. The van der Waals surface area contributed by atoms with Crippen molar-refractivity contribution in [2.75, 3.05) is 13.1 Å². The maximum Gasteiger partial charge on any atom is 0.0236 e. The Morgan fingerprint density at radius 2 is 1.93 bits per heavy atom. The van der Waals surface area contributed by atoms with Crippen molar-refractivity contribution in [1.29, 1.82) is 0 Å². The third-order valence-electron chi connectivity index (χ3n) is 2.90. The van der Waals surface area contributed by atoms with E-state index >= 15 is 0 Å². The molecule has 1 nitrogen and oxygen atoms in total. The Kier molecular flexibility index (Phi) is 4.83. The molecule has 0 fully saturated rings. The molecule has 0 unspecified atom stereocenters. The van der Waals surface area contributed by atoms with Crippen molar-refractivity contribution in [2.45, 2.75) is 40.7 Å².